The monoisotopic (exact) mass is 500 g/mol. The van der Waals surface area contributed by atoms with Gasteiger partial charge in [-0.25, -0.2) is 0 Å². The zero-order chi connectivity index (χ0) is 25.8. The van der Waals surface area contributed by atoms with Gasteiger partial charge in [-0.15, -0.1) is 0 Å². The van der Waals surface area contributed by atoms with Crippen molar-refractivity contribution in [2.75, 3.05) is 6.61 Å². The first-order valence-corrected chi connectivity index (χ1v) is 13.7. The fourth-order valence-electron chi connectivity index (χ4n) is 7.05. The van der Waals surface area contributed by atoms with E-state index >= 15 is 0 Å². The molecule has 2 aromatic rings. The summed E-state index contributed by atoms with van der Waals surface area (Å²) in [5.74, 6) is 1.63. The average molecular weight is 501 g/mol. The molecule has 1 saturated heterocycles. The molecular formula is C30H36N4O3. The van der Waals surface area contributed by atoms with Gasteiger partial charge in [0.2, 0.25) is 5.91 Å². The van der Waals surface area contributed by atoms with Crippen molar-refractivity contribution in [3.63, 3.8) is 0 Å². The maximum absolute atomic E-state index is 13.6. The molecule has 7 nitrogen and oxygen atoms in total. The van der Waals surface area contributed by atoms with Crippen LogP contribution in [-0.4, -0.2) is 34.8 Å². The summed E-state index contributed by atoms with van der Waals surface area (Å²) in [7, 11) is 0. The molecule has 7 heteroatoms. The van der Waals surface area contributed by atoms with Gasteiger partial charge in [-0.2, -0.15) is 0 Å². The van der Waals surface area contributed by atoms with E-state index in [-0.39, 0.29) is 40.8 Å². The summed E-state index contributed by atoms with van der Waals surface area (Å²) < 4.78 is 5.76. The lowest BCUT2D eigenvalue weighted by atomic mass is 9.41. The van der Waals surface area contributed by atoms with Crippen LogP contribution in [0.25, 0.3) is 0 Å². The Morgan fingerprint density at radius 3 is 2.59 bits per heavy atom. The predicted octanol–water partition coefficient (Wildman–Crippen LogP) is 5.10. The third-order valence-corrected chi connectivity index (χ3v) is 9.39. The number of para-hydroxylation sites is 1. The minimum absolute atomic E-state index is 0.00147. The molecule has 2 heterocycles. The van der Waals surface area contributed by atoms with E-state index in [4.69, 9.17) is 10.1 Å². The normalized spacial score (nSPS) is 28.1. The maximum atomic E-state index is 13.6. The van der Waals surface area contributed by atoms with Gasteiger partial charge in [0.1, 0.15) is 5.75 Å². The topological polar surface area (TPSA) is 94.5 Å². The highest BCUT2D eigenvalue weighted by atomic mass is 16.5. The number of fused-ring (bicyclic) bond motifs is 1. The summed E-state index contributed by atoms with van der Waals surface area (Å²) in [6.45, 7) is 4.71. The van der Waals surface area contributed by atoms with Crippen molar-refractivity contribution in [1.82, 2.24) is 15.5 Å². The molecule has 37 heavy (non-hydrogen) atoms. The molecule has 2 aromatic carbocycles. The Hall–Kier alpha value is -3.35. The van der Waals surface area contributed by atoms with Crippen molar-refractivity contribution in [1.29, 1.82) is 5.41 Å². The van der Waals surface area contributed by atoms with Crippen molar-refractivity contribution in [3.8, 4) is 5.75 Å². The lowest BCUT2D eigenvalue weighted by Crippen LogP contribution is -2.67. The van der Waals surface area contributed by atoms with Crippen molar-refractivity contribution < 1.29 is 14.3 Å². The molecule has 0 aromatic heterocycles. The lowest BCUT2D eigenvalue weighted by molar-refractivity contribution is -0.169. The smallest absolute Gasteiger partial charge is 0.251 e. The van der Waals surface area contributed by atoms with Crippen LogP contribution in [0.1, 0.15) is 92.4 Å². The molecule has 2 atom stereocenters. The Kier molecular flexibility index (Phi) is 5.77. The Bertz CT molecular complexity index is 1220. The lowest BCUT2D eigenvalue weighted by Gasteiger charge is -2.67. The Labute approximate surface area is 218 Å². The standard InChI is InChI=1S/C30H36N4O3/c1-3-30(4-2)18-25(35)34(28(31)33-30)26(29-15-19(16-29)17-29)20-8-7-9-21(14-20)27(36)32-23-12-13-37-24-11-6-5-10-22(23)24/h5-11,14,19,23,26H,3-4,12-13,15-18H2,1-2H3,(H2,31,33)(H,32,36)/t19?,23-,26?,29?/m0/s1. The van der Waals surface area contributed by atoms with Crippen LogP contribution < -0.4 is 15.4 Å². The van der Waals surface area contributed by atoms with Crippen LogP contribution in [0.15, 0.2) is 48.5 Å². The molecule has 2 aliphatic heterocycles. The minimum atomic E-state index is -0.351. The third-order valence-electron chi connectivity index (χ3n) is 9.39. The van der Waals surface area contributed by atoms with E-state index in [1.165, 1.54) is 0 Å². The Morgan fingerprint density at radius 2 is 1.92 bits per heavy atom. The zero-order valence-electron chi connectivity index (χ0n) is 21.7. The molecule has 3 saturated carbocycles. The van der Waals surface area contributed by atoms with E-state index in [9.17, 15) is 9.59 Å². The van der Waals surface area contributed by atoms with Gasteiger partial charge in [-0.3, -0.25) is 19.9 Å². The summed E-state index contributed by atoms with van der Waals surface area (Å²) >= 11 is 0. The first-order chi connectivity index (χ1) is 17.9. The van der Waals surface area contributed by atoms with E-state index in [0.717, 1.165) is 61.3 Å². The van der Waals surface area contributed by atoms with Gasteiger partial charge in [-0.05, 0) is 67.2 Å². The predicted molar refractivity (Wildman–Crippen MR) is 141 cm³/mol. The second kappa shape index (κ2) is 8.89. The quantitative estimate of drug-likeness (QED) is 0.493. The number of carbonyl (C=O) groups excluding carboxylic acids is 2. The first kappa shape index (κ1) is 24.0. The molecule has 3 N–H and O–H groups in total. The van der Waals surface area contributed by atoms with E-state index in [1.54, 1.807) is 4.90 Å². The summed E-state index contributed by atoms with van der Waals surface area (Å²) in [5.41, 5.74) is 2.17. The second-order valence-electron chi connectivity index (χ2n) is 11.5. The highest BCUT2D eigenvalue weighted by Gasteiger charge is 2.63. The molecule has 0 spiro atoms. The number of nitrogens with one attached hydrogen (secondary N) is 3. The second-order valence-corrected chi connectivity index (χ2v) is 11.5. The number of rotatable bonds is 7. The van der Waals surface area contributed by atoms with Crippen LogP contribution in [0.5, 0.6) is 5.75 Å². The van der Waals surface area contributed by atoms with Gasteiger partial charge in [0.05, 0.1) is 25.1 Å². The van der Waals surface area contributed by atoms with Crippen molar-refractivity contribution >= 4 is 17.8 Å². The fourth-order valence-corrected chi connectivity index (χ4v) is 7.05. The molecule has 0 radical (unpaired) electrons. The van der Waals surface area contributed by atoms with Gasteiger partial charge < -0.3 is 15.4 Å². The summed E-state index contributed by atoms with van der Waals surface area (Å²) in [5, 5.41) is 15.5. The largest absolute Gasteiger partial charge is 0.493 e. The van der Waals surface area contributed by atoms with Gasteiger partial charge in [0.15, 0.2) is 5.96 Å². The van der Waals surface area contributed by atoms with Crippen LogP contribution >= 0.6 is 0 Å². The number of ether oxygens (including phenoxy) is 1. The van der Waals surface area contributed by atoms with Crippen LogP contribution in [-0.2, 0) is 4.79 Å². The van der Waals surface area contributed by atoms with Gasteiger partial charge in [0.25, 0.3) is 5.91 Å². The van der Waals surface area contributed by atoms with Crippen LogP contribution in [0.2, 0.25) is 0 Å². The zero-order valence-corrected chi connectivity index (χ0v) is 21.7. The number of hydrogen-bond donors (Lipinski definition) is 3. The average Bonchev–Trinajstić information content (AvgIpc) is 2.86. The molecule has 194 valence electrons. The van der Waals surface area contributed by atoms with Crippen molar-refractivity contribution in [3.05, 3.63) is 65.2 Å². The first-order valence-electron chi connectivity index (χ1n) is 13.7. The van der Waals surface area contributed by atoms with Gasteiger partial charge >= 0.3 is 0 Å². The van der Waals surface area contributed by atoms with Crippen molar-refractivity contribution in [2.45, 2.75) is 76.4 Å². The van der Waals surface area contributed by atoms with Crippen LogP contribution in [0.4, 0.5) is 0 Å². The van der Waals surface area contributed by atoms with Crippen molar-refractivity contribution in [2.24, 2.45) is 11.3 Å². The van der Waals surface area contributed by atoms with E-state index in [1.807, 2.05) is 48.5 Å². The number of hydrogen-bond acceptors (Lipinski definition) is 4. The van der Waals surface area contributed by atoms with E-state index in [2.05, 4.69) is 24.5 Å². The summed E-state index contributed by atoms with van der Waals surface area (Å²) in [6.07, 6.45) is 5.95. The Morgan fingerprint density at radius 1 is 1.16 bits per heavy atom. The highest BCUT2D eigenvalue weighted by Crippen LogP contribution is 2.71. The van der Waals surface area contributed by atoms with Crippen LogP contribution in [0, 0.1) is 16.7 Å². The fraction of sp³-hybridized carbons (Fsp3) is 0.500. The number of guanidine groups is 1. The number of benzene rings is 2. The number of nitrogens with zero attached hydrogens (tertiary/aromatic N) is 1. The molecule has 1 unspecified atom stereocenters. The van der Waals surface area contributed by atoms with E-state index < -0.39 is 0 Å². The molecular weight excluding hydrogens is 464 g/mol. The summed E-state index contributed by atoms with van der Waals surface area (Å²) in [6, 6.07) is 15.2. The number of carbonyl (C=O) groups is 2. The molecule has 3 aliphatic carbocycles. The highest BCUT2D eigenvalue weighted by molar-refractivity contribution is 6.00. The molecule has 4 fully saturated rings. The van der Waals surface area contributed by atoms with Crippen LogP contribution in [0.3, 0.4) is 0 Å². The SMILES string of the molecule is CCC1(CC)CC(=O)N(C(c2cccc(C(=O)N[C@H]3CCOc4ccccc43)c2)C23CC(C2)C3)C(=N)N1. The molecule has 7 rings (SSSR count). The Balaban J connectivity index is 1.28. The molecule has 2 bridgehead atoms. The molecule has 2 amide bonds. The summed E-state index contributed by atoms with van der Waals surface area (Å²) in [4.78, 5) is 28.7. The third kappa shape index (κ3) is 3.90. The van der Waals surface area contributed by atoms with E-state index in [0.29, 0.717) is 18.6 Å². The minimum Gasteiger partial charge on any atom is -0.493 e. The maximum Gasteiger partial charge on any atom is 0.251 e. The number of amides is 2. The van der Waals surface area contributed by atoms with Gasteiger partial charge in [-0.1, -0.05) is 44.2 Å². The van der Waals surface area contributed by atoms with Gasteiger partial charge in [0, 0.05) is 23.1 Å². The molecule has 5 aliphatic rings.